The van der Waals surface area contributed by atoms with E-state index < -0.39 is 10.0 Å². The van der Waals surface area contributed by atoms with Crippen LogP contribution >= 0.6 is 0 Å². The minimum absolute atomic E-state index is 0.368. The zero-order valence-corrected chi connectivity index (χ0v) is 13.1. The van der Waals surface area contributed by atoms with E-state index in [1.54, 1.807) is 0 Å². The van der Waals surface area contributed by atoms with E-state index in [4.69, 9.17) is 0 Å². The molecule has 0 aromatic heterocycles. The van der Waals surface area contributed by atoms with Crippen LogP contribution in [0.2, 0.25) is 0 Å². The third-order valence-electron chi connectivity index (χ3n) is 3.44. The lowest BCUT2D eigenvalue weighted by molar-refractivity contribution is 0.589. The van der Waals surface area contributed by atoms with Crippen LogP contribution in [0, 0.1) is 0 Å². The quantitative estimate of drug-likeness (QED) is 0.886. The number of sulfonamides is 1. The first-order valence-corrected chi connectivity index (χ1v) is 8.83. The molecule has 1 fully saturated rings. The number of hydrogen-bond donors (Lipinski definition) is 2. The summed E-state index contributed by atoms with van der Waals surface area (Å²) in [5.41, 5.74) is 2.77. The second-order valence-electron chi connectivity index (χ2n) is 5.54. The third-order valence-corrected chi connectivity index (χ3v) is 4.03. The fraction of sp³-hybridized carbons (Fsp3) is 0.571. The molecule has 20 heavy (non-hydrogen) atoms. The number of nitrogens with one attached hydrogen (secondary N) is 2. The molecule has 1 aromatic rings. The zero-order chi connectivity index (χ0) is 14.8. The molecule has 1 aliphatic rings. The van der Waals surface area contributed by atoms with Crippen LogP contribution in [0.4, 0.5) is 11.4 Å². The Kier molecular flexibility index (Phi) is 4.55. The number of nitrogens with zero attached hydrogens (tertiary/aromatic N) is 1. The molecule has 112 valence electrons. The molecule has 2 rings (SSSR count). The number of rotatable bonds is 4. The van der Waals surface area contributed by atoms with Crippen LogP contribution < -0.4 is 14.9 Å². The lowest BCUT2D eigenvalue weighted by Crippen LogP contribution is -2.43. The van der Waals surface area contributed by atoms with E-state index in [0.717, 1.165) is 37.4 Å². The molecular weight excluding hydrogens is 274 g/mol. The summed E-state index contributed by atoms with van der Waals surface area (Å²) < 4.78 is 25.8. The van der Waals surface area contributed by atoms with Crippen LogP contribution in [-0.4, -0.2) is 40.9 Å². The van der Waals surface area contributed by atoms with Gasteiger partial charge in [0.1, 0.15) is 0 Å². The number of piperazine rings is 1. The predicted octanol–water partition coefficient (Wildman–Crippen LogP) is 1.59. The first kappa shape index (κ1) is 15.1. The fourth-order valence-electron chi connectivity index (χ4n) is 2.38. The molecule has 5 nitrogen and oxygen atoms in total. The average molecular weight is 297 g/mol. The minimum atomic E-state index is -3.27. The van der Waals surface area contributed by atoms with Gasteiger partial charge in [-0.25, -0.2) is 8.42 Å². The highest BCUT2D eigenvalue weighted by molar-refractivity contribution is 7.92. The Labute approximate surface area is 121 Å². The highest BCUT2D eigenvalue weighted by atomic mass is 32.2. The van der Waals surface area contributed by atoms with Gasteiger partial charge in [-0.1, -0.05) is 19.9 Å². The Bertz CT molecular complexity index is 564. The van der Waals surface area contributed by atoms with E-state index in [1.165, 1.54) is 6.26 Å². The number of hydrogen-bond acceptors (Lipinski definition) is 4. The maximum absolute atomic E-state index is 11.6. The normalized spacial score (nSPS) is 16.5. The highest BCUT2D eigenvalue weighted by Gasteiger charge is 2.17. The van der Waals surface area contributed by atoms with Crippen molar-refractivity contribution in [1.29, 1.82) is 0 Å². The summed E-state index contributed by atoms with van der Waals surface area (Å²) >= 11 is 0. The van der Waals surface area contributed by atoms with Gasteiger partial charge >= 0.3 is 0 Å². The summed E-state index contributed by atoms with van der Waals surface area (Å²) in [4.78, 5) is 2.22. The van der Waals surface area contributed by atoms with Gasteiger partial charge in [0, 0.05) is 26.2 Å². The second kappa shape index (κ2) is 6.01. The largest absolute Gasteiger partial charge is 0.367 e. The molecule has 0 radical (unpaired) electrons. The zero-order valence-electron chi connectivity index (χ0n) is 12.3. The van der Waals surface area contributed by atoms with Crippen LogP contribution in [0.15, 0.2) is 18.2 Å². The van der Waals surface area contributed by atoms with Crippen molar-refractivity contribution < 1.29 is 8.42 Å². The highest BCUT2D eigenvalue weighted by Crippen LogP contribution is 2.30. The summed E-state index contributed by atoms with van der Waals surface area (Å²) in [5, 5.41) is 3.30. The van der Waals surface area contributed by atoms with Crippen molar-refractivity contribution in [3.63, 3.8) is 0 Å². The van der Waals surface area contributed by atoms with Crippen molar-refractivity contribution in [2.24, 2.45) is 0 Å². The SMILES string of the molecule is CC(C)c1ccc(N2CCNCC2)c(NS(C)(=O)=O)c1. The van der Waals surface area contributed by atoms with Gasteiger partial charge in [0.2, 0.25) is 10.0 Å². The van der Waals surface area contributed by atoms with Gasteiger partial charge < -0.3 is 10.2 Å². The molecule has 1 heterocycles. The van der Waals surface area contributed by atoms with E-state index in [0.29, 0.717) is 11.6 Å². The Morgan fingerprint density at radius 1 is 1.25 bits per heavy atom. The van der Waals surface area contributed by atoms with Crippen LogP contribution in [0.1, 0.15) is 25.3 Å². The average Bonchev–Trinajstić information content (AvgIpc) is 2.37. The molecule has 0 bridgehead atoms. The lowest BCUT2D eigenvalue weighted by atomic mass is 10.0. The summed E-state index contributed by atoms with van der Waals surface area (Å²) in [6, 6.07) is 6.05. The van der Waals surface area contributed by atoms with E-state index in [9.17, 15) is 8.42 Å². The molecule has 0 atom stereocenters. The molecule has 0 aliphatic carbocycles. The summed E-state index contributed by atoms with van der Waals surface area (Å²) in [5.74, 6) is 0.368. The Balaban J connectivity index is 2.38. The molecule has 0 amide bonds. The molecule has 0 unspecified atom stereocenters. The van der Waals surface area contributed by atoms with Gasteiger partial charge in [0.05, 0.1) is 17.6 Å². The number of anilines is 2. The van der Waals surface area contributed by atoms with Crippen molar-refractivity contribution in [2.75, 3.05) is 42.1 Å². The first-order chi connectivity index (χ1) is 9.37. The monoisotopic (exact) mass is 297 g/mol. The Morgan fingerprint density at radius 2 is 1.90 bits per heavy atom. The van der Waals surface area contributed by atoms with E-state index in [2.05, 4.69) is 34.9 Å². The number of benzene rings is 1. The van der Waals surface area contributed by atoms with Gasteiger partial charge in [-0.05, 0) is 23.6 Å². The summed E-state index contributed by atoms with van der Waals surface area (Å²) in [6.07, 6.45) is 1.19. The van der Waals surface area contributed by atoms with Crippen LogP contribution in [0.3, 0.4) is 0 Å². The van der Waals surface area contributed by atoms with Gasteiger partial charge in [0.25, 0.3) is 0 Å². The molecule has 6 heteroatoms. The topological polar surface area (TPSA) is 61.4 Å². The first-order valence-electron chi connectivity index (χ1n) is 6.94. The van der Waals surface area contributed by atoms with Crippen molar-refractivity contribution >= 4 is 21.4 Å². The van der Waals surface area contributed by atoms with Gasteiger partial charge in [-0.15, -0.1) is 0 Å². The molecule has 1 aliphatic heterocycles. The molecule has 0 spiro atoms. The van der Waals surface area contributed by atoms with Gasteiger partial charge in [-0.2, -0.15) is 0 Å². The molecular formula is C14H23N3O2S. The van der Waals surface area contributed by atoms with Crippen molar-refractivity contribution in [2.45, 2.75) is 19.8 Å². The van der Waals surface area contributed by atoms with Crippen molar-refractivity contribution in [3.8, 4) is 0 Å². The lowest BCUT2D eigenvalue weighted by Gasteiger charge is -2.31. The van der Waals surface area contributed by atoms with Crippen LogP contribution in [-0.2, 0) is 10.0 Å². The molecule has 2 N–H and O–H groups in total. The molecule has 1 aromatic carbocycles. The molecule has 1 saturated heterocycles. The standard InChI is InChI=1S/C14H23N3O2S/c1-11(2)12-4-5-14(17-8-6-15-7-9-17)13(10-12)16-20(3,18)19/h4-5,10-11,15-16H,6-9H2,1-3H3. The smallest absolute Gasteiger partial charge is 0.229 e. The van der Waals surface area contributed by atoms with E-state index in [-0.39, 0.29) is 0 Å². The van der Waals surface area contributed by atoms with Gasteiger partial charge in [-0.3, -0.25) is 4.72 Å². The predicted molar refractivity (Wildman–Crippen MR) is 84.1 cm³/mol. The summed E-state index contributed by atoms with van der Waals surface area (Å²) in [7, 11) is -3.27. The van der Waals surface area contributed by atoms with E-state index >= 15 is 0 Å². The van der Waals surface area contributed by atoms with E-state index in [1.807, 2.05) is 12.1 Å². The minimum Gasteiger partial charge on any atom is -0.367 e. The van der Waals surface area contributed by atoms with Gasteiger partial charge in [0.15, 0.2) is 0 Å². The molecule has 0 saturated carbocycles. The maximum atomic E-state index is 11.6. The third kappa shape index (κ3) is 3.86. The summed E-state index contributed by atoms with van der Waals surface area (Å²) in [6.45, 7) is 7.82. The maximum Gasteiger partial charge on any atom is 0.229 e. The Morgan fingerprint density at radius 3 is 2.45 bits per heavy atom. The van der Waals surface area contributed by atoms with Crippen LogP contribution in [0.25, 0.3) is 0 Å². The van der Waals surface area contributed by atoms with Crippen molar-refractivity contribution in [3.05, 3.63) is 23.8 Å². The Hall–Kier alpha value is -1.27. The van der Waals surface area contributed by atoms with Crippen LogP contribution in [0.5, 0.6) is 0 Å². The van der Waals surface area contributed by atoms with Crippen molar-refractivity contribution in [1.82, 2.24) is 5.32 Å². The second-order valence-corrected chi connectivity index (χ2v) is 7.29. The fourth-order valence-corrected chi connectivity index (χ4v) is 2.94.